The van der Waals surface area contributed by atoms with Crippen LogP contribution in [0.3, 0.4) is 0 Å². The fraction of sp³-hybridized carbons (Fsp3) is 0.889. The third-order valence-electron chi connectivity index (χ3n) is 1.86. The summed E-state index contributed by atoms with van der Waals surface area (Å²) in [7, 11) is 0. The van der Waals surface area contributed by atoms with E-state index in [0.717, 1.165) is 6.42 Å². The first-order valence-corrected chi connectivity index (χ1v) is 4.53. The number of aliphatic hydroxyl groups excluding tert-OH is 1. The lowest BCUT2D eigenvalue weighted by molar-refractivity contribution is 0.0519. The first-order chi connectivity index (χ1) is 5.92. The average Bonchev–Trinajstić information content (AvgIpc) is 2.62. The number of aliphatic hydroxyl groups is 1. The van der Waals surface area contributed by atoms with E-state index >= 15 is 0 Å². The molecule has 1 saturated carbocycles. The van der Waals surface area contributed by atoms with E-state index in [2.05, 4.69) is 5.32 Å². The lowest BCUT2D eigenvalue weighted by Gasteiger charge is -2.19. The topological polar surface area (TPSA) is 58.6 Å². The van der Waals surface area contributed by atoms with Crippen molar-refractivity contribution in [2.45, 2.75) is 38.8 Å². The normalized spacial score (nSPS) is 26.8. The van der Waals surface area contributed by atoms with Crippen LogP contribution in [0.2, 0.25) is 0 Å². The third-order valence-corrected chi connectivity index (χ3v) is 1.86. The summed E-state index contributed by atoms with van der Waals surface area (Å²) < 4.78 is 5.05. The van der Waals surface area contributed by atoms with Gasteiger partial charge in [-0.3, -0.25) is 0 Å². The maximum Gasteiger partial charge on any atom is 0.407 e. The van der Waals surface area contributed by atoms with E-state index in [1.165, 1.54) is 0 Å². The second-order valence-electron chi connectivity index (χ2n) is 4.43. The molecule has 0 aliphatic heterocycles. The molecule has 1 aliphatic rings. The number of alkyl carbamates (subject to hydrolysis) is 1. The lowest BCUT2D eigenvalue weighted by Crippen LogP contribution is -2.34. The minimum atomic E-state index is -0.451. The molecular formula is C9H17NO3. The summed E-state index contributed by atoms with van der Waals surface area (Å²) in [5, 5.41) is 11.4. The molecular weight excluding hydrogens is 170 g/mol. The Morgan fingerprint density at radius 2 is 2.23 bits per heavy atom. The summed E-state index contributed by atoms with van der Waals surface area (Å²) in [6.45, 7) is 5.61. The number of nitrogens with one attached hydrogen (secondary N) is 1. The van der Waals surface area contributed by atoms with Gasteiger partial charge in [-0.2, -0.15) is 0 Å². The summed E-state index contributed by atoms with van der Waals surface area (Å²) in [6.07, 6.45) is 0.462. The quantitative estimate of drug-likeness (QED) is 0.675. The van der Waals surface area contributed by atoms with Crippen molar-refractivity contribution in [3.05, 3.63) is 0 Å². The second kappa shape index (κ2) is 3.54. The number of carbonyl (C=O) groups excluding carboxylic acids is 1. The largest absolute Gasteiger partial charge is 0.444 e. The van der Waals surface area contributed by atoms with Crippen LogP contribution in [0.15, 0.2) is 0 Å². The summed E-state index contributed by atoms with van der Waals surface area (Å²) in [6, 6.07) is 0.111. The molecule has 0 heterocycles. The molecule has 1 fully saturated rings. The number of amides is 1. The van der Waals surface area contributed by atoms with E-state index in [1.807, 2.05) is 20.8 Å². The van der Waals surface area contributed by atoms with Gasteiger partial charge in [-0.25, -0.2) is 4.79 Å². The van der Waals surface area contributed by atoms with Gasteiger partial charge in [0.2, 0.25) is 0 Å². The molecule has 2 N–H and O–H groups in total. The van der Waals surface area contributed by atoms with Gasteiger partial charge < -0.3 is 15.2 Å². The monoisotopic (exact) mass is 187 g/mol. The Morgan fingerprint density at radius 3 is 2.62 bits per heavy atom. The predicted octanol–water partition coefficient (Wildman–Crippen LogP) is 0.892. The van der Waals surface area contributed by atoms with Gasteiger partial charge in [0.15, 0.2) is 0 Å². The number of hydrogen-bond donors (Lipinski definition) is 2. The molecule has 0 aromatic carbocycles. The van der Waals surface area contributed by atoms with E-state index in [1.54, 1.807) is 0 Å². The van der Waals surface area contributed by atoms with Gasteiger partial charge in [0.05, 0.1) is 0 Å². The van der Waals surface area contributed by atoms with E-state index in [9.17, 15) is 4.79 Å². The maximum absolute atomic E-state index is 11.2. The standard InChI is InChI=1S/C9H17NO3/c1-9(2,3)13-8(12)10-7-4-6(7)5-11/h6-7,11H,4-5H2,1-3H3,(H,10,12)/t6-,7-/m0/s1. The molecule has 0 spiro atoms. The van der Waals surface area contributed by atoms with Crippen molar-refractivity contribution in [2.75, 3.05) is 6.61 Å². The van der Waals surface area contributed by atoms with Crippen molar-refractivity contribution >= 4 is 6.09 Å². The molecule has 76 valence electrons. The molecule has 1 rings (SSSR count). The Labute approximate surface area is 78.3 Å². The molecule has 0 bridgehead atoms. The predicted molar refractivity (Wildman–Crippen MR) is 48.4 cm³/mol. The zero-order valence-corrected chi connectivity index (χ0v) is 8.33. The van der Waals surface area contributed by atoms with Crippen LogP contribution in [0, 0.1) is 5.92 Å². The molecule has 0 saturated heterocycles. The highest BCUT2D eigenvalue weighted by atomic mass is 16.6. The third kappa shape index (κ3) is 3.63. The number of carbonyl (C=O) groups is 1. The average molecular weight is 187 g/mol. The van der Waals surface area contributed by atoms with Crippen LogP contribution >= 0.6 is 0 Å². The van der Waals surface area contributed by atoms with Gasteiger partial charge in [-0.1, -0.05) is 0 Å². The highest BCUT2D eigenvalue weighted by Crippen LogP contribution is 2.29. The van der Waals surface area contributed by atoms with Crippen LogP contribution in [0.5, 0.6) is 0 Å². The van der Waals surface area contributed by atoms with Crippen molar-refractivity contribution in [3.63, 3.8) is 0 Å². The smallest absolute Gasteiger partial charge is 0.407 e. The Hall–Kier alpha value is -0.770. The van der Waals surface area contributed by atoms with E-state index in [-0.39, 0.29) is 18.6 Å². The van der Waals surface area contributed by atoms with Gasteiger partial charge in [0.25, 0.3) is 0 Å². The van der Waals surface area contributed by atoms with Crippen molar-refractivity contribution in [1.82, 2.24) is 5.32 Å². The van der Waals surface area contributed by atoms with Crippen LogP contribution in [0.4, 0.5) is 4.79 Å². The zero-order chi connectivity index (χ0) is 10.1. The minimum Gasteiger partial charge on any atom is -0.444 e. The molecule has 1 aliphatic carbocycles. The molecule has 13 heavy (non-hydrogen) atoms. The van der Waals surface area contributed by atoms with Gasteiger partial charge in [0.1, 0.15) is 5.60 Å². The van der Waals surface area contributed by atoms with Crippen LogP contribution in [-0.4, -0.2) is 29.4 Å². The lowest BCUT2D eigenvalue weighted by atomic mass is 10.2. The Morgan fingerprint density at radius 1 is 1.62 bits per heavy atom. The fourth-order valence-corrected chi connectivity index (χ4v) is 1.09. The molecule has 0 aromatic rings. The maximum atomic E-state index is 11.2. The van der Waals surface area contributed by atoms with Crippen molar-refractivity contribution in [2.24, 2.45) is 5.92 Å². The highest BCUT2D eigenvalue weighted by molar-refractivity contribution is 5.68. The first-order valence-electron chi connectivity index (χ1n) is 4.53. The number of ether oxygens (including phenoxy) is 1. The van der Waals surface area contributed by atoms with Gasteiger partial charge in [-0.05, 0) is 27.2 Å². The van der Waals surface area contributed by atoms with Gasteiger partial charge in [-0.15, -0.1) is 0 Å². The first kappa shape index (κ1) is 10.3. The van der Waals surface area contributed by atoms with Crippen molar-refractivity contribution < 1.29 is 14.6 Å². The Bertz CT molecular complexity index is 198. The van der Waals surface area contributed by atoms with E-state index in [4.69, 9.17) is 9.84 Å². The van der Waals surface area contributed by atoms with E-state index in [0.29, 0.717) is 0 Å². The highest BCUT2D eigenvalue weighted by Gasteiger charge is 2.38. The molecule has 0 unspecified atom stereocenters. The molecule has 0 aromatic heterocycles. The van der Waals surface area contributed by atoms with Crippen molar-refractivity contribution in [1.29, 1.82) is 0 Å². The van der Waals surface area contributed by atoms with Crippen LogP contribution in [0.1, 0.15) is 27.2 Å². The fourth-order valence-electron chi connectivity index (χ4n) is 1.09. The molecule has 4 heteroatoms. The summed E-state index contributed by atoms with van der Waals surface area (Å²) >= 11 is 0. The molecule has 0 radical (unpaired) electrons. The summed E-state index contributed by atoms with van der Waals surface area (Å²) in [5.74, 6) is 0.229. The number of hydrogen-bond acceptors (Lipinski definition) is 3. The molecule has 1 amide bonds. The van der Waals surface area contributed by atoms with Crippen LogP contribution in [-0.2, 0) is 4.74 Å². The molecule has 2 atom stereocenters. The molecule has 4 nitrogen and oxygen atoms in total. The number of rotatable bonds is 2. The van der Waals surface area contributed by atoms with Gasteiger partial charge >= 0.3 is 6.09 Å². The zero-order valence-electron chi connectivity index (χ0n) is 8.33. The minimum absolute atomic E-state index is 0.111. The van der Waals surface area contributed by atoms with Crippen LogP contribution < -0.4 is 5.32 Å². The summed E-state index contributed by atoms with van der Waals surface area (Å²) in [4.78, 5) is 11.2. The second-order valence-corrected chi connectivity index (χ2v) is 4.43. The van der Waals surface area contributed by atoms with E-state index < -0.39 is 11.7 Å². The Kier molecular flexibility index (Phi) is 2.81. The summed E-state index contributed by atoms with van der Waals surface area (Å²) in [5.41, 5.74) is -0.451. The SMILES string of the molecule is CC(C)(C)OC(=O)N[C@H]1C[C@H]1CO. The van der Waals surface area contributed by atoms with Crippen molar-refractivity contribution in [3.8, 4) is 0 Å². The van der Waals surface area contributed by atoms with Crippen LogP contribution in [0.25, 0.3) is 0 Å². The van der Waals surface area contributed by atoms with Gasteiger partial charge in [0, 0.05) is 18.6 Å². The Balaban J connectivity index is 2.20.